The zero-order valence-electron chi connectivity index (χ0n) is 57.2. The van der Waals surface area contributed by atoms with Gasteiger partial charge in [-0.2, -0.15) is 0 Å². The summed E-state index contributed by atoms with van der Waals surface area (Å²) in [5.74, 6) is 0. The molecule has 4 aromatic rings. The molecule has 1 nitrogen and oxygen atoms in total. The van der Waals surface area contributed by atoms with Gasteiger partial charge in [0.05, 0.1) is 5.69 Å². The lowest BCUT2D eigenvalue weighted by atomic mass is 9.92. The summed E-state index contributed by atoms with van der Waals surface area (Å²) in [5, 5.41) is 0. The highest BCUT2D eigenvalue weighted by Crippen LogP contribution is 2.38. The minimum absolute atomic E-state index is 0.985. The first-order valence-corrected chi connectivity index (χ1v) is 168. The van der Waals surface area contributed by atoms with Gasteiger partial charge in [-0.15, -0.1) is 0 Å². The Morgan fingerprint density at radius 3 is 0.477 bits per heavy atom. The first-order valence-electron chi connectivity index (χ1n) is 25.9. The molecule has 0 aliphatic heterocycles. The van der Waals surface area contributed by atoms with Crippen LogP contribution < -0.4 is 0 Å². The van der Waals surface area contributed by atoms with Crippen LogP contribution in [0.4, 0.5) is 0 Å². The third-order valence-corrected chi connectivity index (χ3v) is 239. The molecule has 109 heteroatoms. The van der Waals surface area contributed by atoms with Gasteiger partial charge in [-0.1, -0.05) is 82.7 Å². The Morgan fingerprint density at radius 2 is 0.311 bits per heavy atom. The van der Waals surface area contributed by atoms with Crippen LogP contribution in [0.2, 0.25) is 0 Å². The van der Waals surface area contributed by atoms with E-state index in [1.165, 1.54) is 40.0 Å². The highest BCUT2D eigenvalue weighted by atomic mass is 79.9. The lowest BCUT2D eigenvalue weighted by Gasteiger charge is -2.14. The summed E-state index contributed by atoms with van der Waals surface area (Å²) in [6, 6.07) is 31.4. The molecule has 0 spiro atoms. The summed E-state index contributed by atoms with van der Waals surface area (Å²) in [6.07, 6.45) is 1.83. The third kappa shape index (κ3) is 108. The van der Waals surface area contributed by atoms with Gasteiger partial charge in [0.15, 0.2) is 0 Å². The molecule has 0 atom stereocenters. The number of halogens is 1. The van der Waals surface area contributed by atoms with E-state index in [-0.39, 0.29) is 0 Å². The number of pyridine rings is 1. The Balaban J connectivity index is 0.00000151. The van der Waals surface area contributed by atoms with Gasteiger partial charge in [-0.05, 0) is 46.5 Å². The van der Waals surface area contributed by atoms with Crippen LogP contribution in [0, 0.1) is 0 Å². The average Bonchev–Trinajstić information content (AvgIpc) is 0.790. The molecule has 4 rings (SSSR count). The van der Waals surface area contributed by atoms with E-state index in [2.05, 4.69) is 81.6 Å². The van der Waals surface area contributed by atoms with E-state index in [1.54, 1.807) is 107 Å². The lowest BCUT2D eigenvalue weighted by Crippen LogP contribution is -1.89. The fraction of sp³-hybridized carbons (Fsp3) is 0. The number of aromatic nitrogens is 1. The lowest BCUT2D eigenvalue weighted by molar-refractivity contribution is 1.33. The molecule has 3 aromatic carbocycles. The van der Waals surface area contributed by atoms with Gasteiger partial charge in [0, 0.05) is 971 Å². The van der Waals surface area contributed by atoms with Crippen molar-refractivity contribution < 1.29 is 0 Å². The van der Waals surface area contributed by atoms with E-state index in [1.807, 2.05) is 845 Å². The summed E-state index contributed by atoms with van der Waals surface area (Å²) in [4.78, 5) is 4.49. The largest absolute Gasteiger partial charge is 0.256 e. The summed E-state index contributed by atoms with van der Waals surface area (Å²) in [5.41, 5.74) is 6.91. The van der Waals surface area contributed by atoms with Crippen molar-refractivity contribution in [1.82, 2.24) is 4.98 Å². The summed E-state index contributed by atoms with van der Waals surface area (Å²) in [7, 11) is 190. The molecular weight excluding hydrogens is 3800 g/mol. The Bertz CT molecular complexity index is 9870. The smallest absolute Gasteiger partial charge is 0.0702 e. The fourth-order valence-corrected chi connectivity index (χ4v) is 287. The third-order valence-electron chi connectivity index (χ3n) is 7.12. The van der Waals surface area contributed by atoms with Gasteiger partial charge >= 0.3 is 0 Å². The molecule has 0 aliphatic rings. The van der Waals surface area contributed by atoms with Gasteiger partial charge in [-0.3, -0.25) is 4.98 Å². The molecule has 0 radical (unpaired) electrons. The van der Waals surface area contributed by atoms with Crippen LogP contribution >= 0.6 is 15.9 Å². The normalized spacial score (nSPS) is 8.40. The molecule has 0 fully saturated rings. The van der Waals surface area contributed by atoms with Crippen molar-refractivity contribution in [3.05, 3.63) is 102 Å². The molecule has 1 aromatic heterocycles. The van der Waals surface area contributed by atoms with E-state index in [9.17, 15) is 0 Å². The van der Waals surface area contributed by atoms with Crippen molar-refractivity contribution in [2.45, 2.75) is 0 Å². The molecule has 132 heavy (non-hydrogen) atoms. The standard InChI is InChI=1S/C23H16BrN.S107/c24-22-11-5-4-10-20(22)19-14-13-18(23-12-6-7-15-25-23)16-21(19)17-8-2-1-3-9-17;1-3-5-7-9-11-13-15-17-19-21-23-25-27-29-31-33-35-37-39-41-43-45-47-49-51-53-55-57-59-61-63-65-67-69-71-73-75-77-79-81-83-85-87-89-91-93-95-97-99-101-103-105-107-106-104-102-100-98-96-94-92-90-88-86-84-82-80-78-76-74-72-70-68-66-64-62-60-58-56-54-52-50-48-46-44-42-40-38-36-34-32-30-28-26-24-22-20-18-16-14-12-10-8-6-4-2/h1-16H;. The van der Waals surface area contributed by atoms with Gasteiger partial charge < -0.3 is 0 Å². The summed E-state index contributed by atoms with van der Waals surface area (Å²) >= 11 is 13.4. The van der Waals surface area contributed by atoms with Gasteiger partial charge in [0.25, 0.3) is 0 Å². The van der Waals surface area contributed by atoms with Crippen molar-refractivity contribution in [2.75, 3.05) is 0 Å². The maximum atomic E-state index is 4.83. The number of benzene rings is 3. The van der Waals surface area contributed by atoms with Gasteiger partial charge in [0.2, 0.25) is 0 Å². The quantitative estimate of drug-likeness (QED) is 0.230. The highest BCUT2D eigenvalue weighted by Gasteiger charge is 2.12. The van der Waals surface area contributed by atoms with Crippen LogP contribution in [-0.4, -0.2) is 4.98 Å². The SMILES string of the molecule is Brc1ccccc1-c1ccc(-c2ccccn2)cc1-c1ccccc1.S=S=S=S=S=S=S=S=S=S=S=S=S=S=S=S=S=S=S=S=S=S=S=S=S=S=S=S=S=S=S=S=S=S=S=S=S=S=S=S=S=S=S=S=S=S=S=S=S=S=S=S=S=S=S=S=S=S=S=S=S=S=S=S=S=S=S=S=S=S=S=S=S=S=S=S=S=S=S=S=S=S=S=S=S=S=S=S=S=S=S=S=S=S=S=S=S=S=S=S=S=S=S=S=S=S=S. The van der Waals surface area contributed by atoms with E-state index >= 15 is 0 Å². The first-order chi connectivity index (χ1) is 65.7. The van der Waals surface area contributed by atoms with Gasteiger partial charge in [0.1, 0.15) is 0 Å². The number of nitrogens with zero attached hydrogens (tertiary/aromatic N) is 1. The van der Waals surface area contributed by atoms with Crippen molar-refractivity contribution >= 4 is 971 Å². The molecule has 0 saturated heterocycles. The highest BCUT2D eigenvalue weighted by molar-refractivity contribution is 9.10. The van der Waals surface area contributed by atoms with Crippen molar-refractivity contribution in [1.29, 1.82) is 0 Å². The molecule has 762 valence electrons. The van der Waals surface area contributed by atoms with Crippen LogP contribution in [-0.2, 0) is 955 Å². The molecule has 0 saturated carbocycles. The van der Waals surface area contributed by atoms with Crippen LogP contribution in [0.15, 0.2) is 102 Å². The maximum Gasteiger partial charge on any atom is 0.0702 e. The van der Waals surface area contributed by atoms with E-state index in [4.69, 9.17) is 22.4 Å². The zero-order valence-corrected chi connectivity index (χ0v) is 146. The monoisotopic (exact) mass is 3810 g/mol. The molecular formula is C23H16BrNS107. The average molecular weight is 3820 g/mol. The zero-order chi connectivity index (χ0) is 93.3. The van der Waals surface area contributed by atoms with Crippen molar-refractivity contribution in [2.24, 2.45) is 0 Å². The number of hydrogen-bond donors (Lipinski definition) is 0. The Morgan fingerprint density at radius 1 is 0.144 bits per heavy atom. The van der Waals surface area contributed by atoms with Crippen LogP contribution in [0.3, 0.4) is 0 Å². The Hall–Kier alpha value is 20.8. The fourth-order valence-electron chi connectivity index (χ4n) is 4.18. The number of rotatable bonds is 3. The van der Waals surface area contributed by atoms with E-state index in [0.29, 0.717) is 0 Å². The Kier molecular flexibility index (Phi) is 143. The second kappa shape index (κ2) is 129. The topological polar surface area (TPSA) is 12.9 Å². The molecule has 0 unspecified atom stereocenters. The minimum atomic E-state index is 0.985. The molecule has 0 bridgehead atoms. The molecule has 0 aliphatic carbocycles. The molecule has 0 N–H and O–H groups in total. The molecule has 1 heterocycles. The minimum Gasteiger partial charge on any atom is -0.256 e. The summed E-state index contributed by atoms with van der Waals surface area (Å²) < 4.78 is 1.10. The van der Waals surface area contributed by atoms with Crippen LogP contribution in [0.5, 0.6) is 0 Å². The van der Waals surface area contributed by atoms with E-state index < -0.39 is 0 Å². The van der Waals surface area contributed by atoms with E-state index in [0.717, 1.165) is 15.7 Å². The predicted molar refractivity (Wildman–Crippen MR) is 896 cm³/mol. The summed E-state index contributed by atoms with van der Waals surface area (Å²) in [6.45, 7) is 0. The Labute approximate surface area is 1080 Å². The van der Waals surface area contributed by atoms with Crippen LogP contribution in [0.25, 0.3) is 33.5 Å². The predicted octanol–water partition coefficient (Wildman–Crippen LogP) is 6.59. The second-order valence-corrected chi connectivity index (χ2v) is 200. The van der Waals surface area contributed by atoms with Gasteiger partial charge in [-0.25, -0.2) is 0 Å². The maximum absolute atomic E-state index is 4.83. The number of hydrogen-bond acceptors (Lipinski definition) is 3. The second-order valence-electron chi connectivity index (χ2n) is 13.0. The first kappa shape index (κ1) is 147. The van der Waals surface area contributed by atoms with Crippen molar-refractivity contribution in [3.63, 3.8) is 0 Å². The molecule has 0 amide bonds. The van der Waals surface area contributed by atoms with Crippen LogP contribution in [0.1, 0.15) is 0 Å². The van der Waals surface area contributed by atoms with Crippen molar-refractivity contribution in [3.8, 4) is 33.5 Å².